The van der Waals surface area contributed by atoms with Crippen molar-refractivity contribution in [2.24, 2.45) is 0 Å². The molecule has 0 saturated carbocycles. The first-order valence-corrected chi connectivity index (χ1v) is 7.66. The maximum absolute atomic E-state index is 5.77. The van der Waals surface area contributed by atoms with Gasteiger partial charge in [-0.2, -0.15) is 0 Å². The molecule has 2 rings (SSSR count). The van der Waals surface area contributed by atoms with Crippen molar-refractivity contribution in [1.82, 2.24) is 14.9 Å². The minimum atomic E-state index is 0.754. The van der Waals surface area contributed by atoms with Gasteiger partial charge in [-0.3, -0.25) is 0 Å². The number of nitrogens with zero attached hydrogens (tertiary/aromatic N) is 2. The summed E-state index contributed by atoms with van der Waals surface area (Å²) in [6.45, 7) is 5.48. The van der Waals surface area contributed by atoms with Crippen LogP contribution in [-0.4, -0.2) is 22.7 Å². The number of imidazole rings is 1. The zero-order chi connectivity index (χ0) is 14.2. The van der Waals surface area contributed by atoms with E-state index < -0.39 is 0 Å². The molecule has 0 aliphatic rings. The summed E-state index contributed by atoms with van der Waals surface area (Å²) in [6.07, 6.45) is 6.61. The Morgan fingerprint density at radius 3 is 3.05 bits per heavy atom. The molecule has 0 radical (unpaired) electrons. The van der Waals surface area contributed by atoms with Gasteiger partial charge in [-0.05, 0) is 24.6 Å². The van der Waals surface area contributed by atoms with E-state index in [0.29, 0.717) is 0 Å². The molecule has 0 atom stereocenters. The molecule has 0 amide bonds. The minimum absolute atomic E-state index is 0.754. The summed E-state index contributed by atoms with van der Waals surface area (Å²) in [5.41, 5.74) is 1.18. The molecule has 108 valence electrons. The van der Waals surface area contributed by atoms with Gasteiger partial charge in [-0.15, -0.1) is 0 Å². The van der Waals surface area contributed by atoms with Crippen LogP contribution in [0, 0.1) is 0 Å². The molecule has 2 aromatic rings. The SMILES string of the molecule is CCCOc1ccc(Br)cc1CNCCn1ccnc1. The van der Waals surface area contributed by atoms with Crippen molar-refractivity contribution in [2.75, 3.05) is 13.2 Å². The Hall–Kier alpha value is -1.33. The van der Waals surface area contributed by atoms with Crippen LogP contribution in [0.15, 0.2) is 41.4 Å². The summed E-state index contributed by atoms with van der Waals surface area (Å²) < 4.78 is 8.90. The van der Waals surface area contributed by atoms with Crippen molar-refractivity contribution in [3.63, 3.8) is 0 Å². The highest BCUT2D eigenvalue weighted by Gasteiger charge is 2.04. The lowest BCUT2D eigenvalue weighted by molar-refractivity contribution is 0.313. The van der Waals surface area contributed by atoms with E-state index in [9.17, 15) is 0 Å². The third-order valence-corrected chi connectivity index (χ3v) is 3.40. The highest BCUT2D eigenvalue weighted by atomic mass is 79.9. The van der Waals surface area contributed by atoms with Crippen LogP contribution in [0.3, 0.4) is 0 Å². The van der Waals surface area contributed by atoms with Crippen molar-refractivity contribution >= 4 is 15.9 Å². The van der Waals surface area contributed by atoms with Gasteiger partial charge in [0.2, 0.25) is 0 Å². The molecule has 0 aliphatic carbocycles. The second kappa shape index (κ2) is 8.07. The predicted octanol–water partition coefficient (Wildman–Crippen LogP) is 3.22. The lowest BCUT2D eigenvalue weighted by Gasteiger charge is -2.12. The average molecular weight is 338 g/mol. The summed E-state index contributed by atoms with van der Waals surface area (Å²) in [4.78, 5) is 4.03. The summed E-state index contributed by atoms with van der Waals surface area (Å²) in [5.74, 6) is 0.963. The summed E-state index contributed by atoms with van der Waals surface area (Å²) >= 11 is 3.51. The first-order chi connectivity index (χ1) is 9.79. The minimum Gasteiger partial charge on any atom is -0.493 e. The number of hydrogen-bond acceptors (Lipinski definition) is 3. The largest absolute Gasteiger partial charge is 0.493 e. The number of benzene rings is 1. The molecule has 1 N–H and O–H groups in total. The van der Waals surface area contributed by atoms with Crippen molar-refractivity contribution in [2.45, 2.75) is 26.4 Å². The van der Waals surface area contributed by atoms with Gasteiger partial charge in [-0.25, -0.2) is 4.98 Å². The first kappa shape index (κ1) is 15.1. The smallest absolute Gasteiger partial charge is 0.123 e. The van der Waals surface area contributed by atoms with Crippen molar-refractivity contribution in [3.05, 3.63) is 47.0 Å². The molecule has 0 unspecified atom stereocenters. The van der Waals surface area contributed by atoms with Crippen LogP contribution < -0.4 is 10.1 Å². The average Bonchev–Trinajstić information content (AvgIpc) is 2.96. The third kappa shape index (κ3) is 4.65. The zero-order valence-electron chi connectivity index (χ0n) is 11.7. The lowest BCUT2D eigenvalue weighted by Crippen LogP contribution is -2.19. The summed E-state index contributed by atoms with van der Waals surface area (Å²) in [5, 5.41) is 3.43. The number of nitrogens with one attached hydrogen (secondary N) is 1. The molecular formula is C15H20BrN3O. The summed E-state index contributed by atoms with van der Waals surface area (Å²) in [6, 6.07) is 6.14. The van der Waals surface area contributed by atoms with Crippen LogP contribution in [0.1, 0.15) is 18.9 Å². The van der Waals surface area contributed by atoms with Crippen molar-refractivity contribution in [1.29, 1.82) is 0 Å². The molecule has 4 nitrogen and oxygen atoms in total. The molecule has 1 aromatic carbocycles. The van der Waals surface area contributed by atoms with E-state index in [-0.39, 0.29) is 0 Å². The standard InChI is InChI=1S/C15H20BrN3O/c1-2-9-20-15-4-3-14(16)10-13(15)11-17-5-7-19-8-6-18-12-19/h3-4,6,8,10,12,17H,2,5,7,9,11H2,1H3. The maximum Gasteiger partial charge on any atom is 0.123 e. The van der Waals surface area contributed by atoms with E-state index in [0.717, 1.165) is 42.9 Å². The highest BCUT2D eigenvalue weighted by Crippen LogP contribution is 2.23. The van der Waals surface area contributed by atoms with Crippen LogP contribution in [0.2, 0.25) is 0 Å². The molecule has 0 spiro atoms. The monoisotopic (exact) mass is 337 g/mol. The third-order valence-electron chi connectivity index (χ3n) is 2.91. The second-order valence-corrected chi connectivity index (χ2v) is 5.49. The molecule has 1 heterocycles. The predicted molar refractivity (Wildman–Crippen MR) is 83.9 cm³/mol. The fourth-order valence-electron chi connectivity index (χ4n) is 1.89. The number of rotatable bonds is 8. The normalized spacial score (nSPS) is 10.7. The molecule has 0 aliphatic heterocycles. The summed E-state index contributed by atoms with van der Waals surface area (Å²) in [7, 11) is 0. The van der Waals surface area contributed by atoms with Gasteiger partial charge < -0.3 is 14.6 Å². The van der Waals surface area contributed by atoms with Crippen molar-refractivity contribution in [3.8, 4) is 5.75 Å². The van der Waals surface area contributed by atoms with E-state index >= 15 is 0 Å². The van der Waals surface area contributed by atoms with Crippen LogP contribution in [0.5, 0.6) is 5.75 Å². The Bertz CT molecular complexity index is 514. The Labute approximate surface area is 128 Å². The van der Waals surface area contributed by atoms with Crippen LogP contribution >= 0.6 is 15.9 Å². The Morgan fingerprint density at radius 2 is 2.30 bits per heavy atom. The van der Waals surface area contributed by atoms with Gasteiger partial charge in [0.05, 0.1) is 12.9 Å². The first-order valence-electron chi connectivity index (χ1n) is 6.87. The van der Waals surface area contributed by atoms with Crippen LogP contribution in [-0.2, 0) is 13.1 Å². The molecule has 0 saturated heterocycles. The zero-order valence-corrected chi connectivity index (χ0v) is 13.3. The van der Waals surface area contributed by atoms with E-state index in [1.165, 1.54) is 5.56 Å². The number of aromatic nitrogens is 2. The Kier molecular flexibility index (Phi) is 6.08. The molecule has 0 bridgehead atoms. The van der Waals surface area contributed by atoms with Gasteiger partial charge in [0.15, 0.2) is 0 Å². The fraction of sp³-hybridized carbons (Fsp3) is 0.400. The van der Waals surface area contributed by atoms with Gasteiger partial charge in [0.25, 0.3) is 0 Å². The van der Waals surface area contributed by atoms with Crippen LogP contribution in [0.25, 0.3) is 0 Å². The van der Waals surface area contributed by atoms with E-state index in [2.05, 4.69) is 43.8 Å². The Morgan fingerprint density at radius 1 is 1.40 bits per heavy atom. The van der Waals surface area contributed by atoms with E-state index in [4.69, 9.17) is 4.74 Å². The van der Waals surface area contributed by atoms with Gasteiger partial charge in [-0.1, -0.05) is 22.9 Å². The number of hydrogen-bond donors (Lipinski definition) is 1. The number of halogens is 1. The van der Waals surface area contributed by atoms with Crippen LogP contribution in [0.4, 0.5) is 0 Å². The van der Waals surface area contributed by atoms with Gasteiger partial charge in [0.1, 0.15) is 5.75 Å². The molecule has 5 heteroatoms. The molecule has 1 aromatic heterocycles. The number of ether oxygens (including phenoxy) is 1. The van der Waals surface area contributed by atoms with E-state index in [1.807, 2.05) is 24.7 Å². The van der Waals surface area contributed by atoms with Crippen molar-refractivity contribution < 1.29 is 4.74 Å². The lowest BCUT2D eigenvalue weighted by atomic mass is 10.2. The Balaban J connectivity index is 1.85. The maximum atomic E-state index is 5.77. The molecule has 0 fully saturated rings. The van der Waals surface area contributed by atoms with Gasteiger partial charge >= 0.3 is 0 Å². The topological polar surface area (TPSA) is 39.1 Å². The van der Waals surface area contributed by atoms with E-state index in [1.54, 1.807) is 6.20 Å². The van der Waals surface area contributed by atoms with Gasteiger partial charge in [0, 0.05) is 42.1 Å². The second-order valence-electron chi connectivity index (χ2n) is 4.58. The highest BCUT2D eigenvalue weighted by molar-refractivity contribution is 9.10. The molecule has 20 heavy (non-hydrogen) atoms. The quantitative estimate of drug-likeness (QED) is 0.751. The molecular weight excluding hydrogens is 318 g/mol. The fourth-order valence-corrected chi connectivity index (χ4v) is 2.30.